The molecule has 1 N–H and O–H groups in total. The van der Waals surface area contributed by atoms with Gasteiger partial charge < -0.3 is 10.1 Å². The van der Waals surface area contributed by atoms with Gasteiger partial charge in [0.25, 0.3) is 0 Å². The van der Waals surface area contributed by atoms with Gasteiger partial charge in [-0.2, -0.15) is 0 Å². The van der Waals surface area contributed by atoms with Gasteiger partial charge in [-0.1, -0.05) is 0 Å². The predicted molar refractivity (Wildman–Crippen MR) is 74.0 cm³/mol. The third-order valence-electron chi connectivity index (χ3n) is 2.18. The van der Waals surface area contributed by atoms with Crippen molar-refractivity contribution in [3.63, 3.8) is 0 Å². The monoisotopic (exact) mass is 305 g/mol. The van der Waals surface area contributed by atoms with Gasteiger partial charge >= 0.3 is 0 Å². The molecule has 1 aromatic heterocycles. The lowest BCUT2D eigenvalue weighted by Crippen LogP contribution is -2.15. The molecule has 16 heavy (non-hydrogen) atoms. The molecule has 0 radical (unpaired) electrons. The van der Waals surface area contributed by atoms with Gasteiger partial charge in [-0.15, -0.1) is 11.3 Å². The number of ether oxygens (including phenoxy) is 1. The van der Waals surface area contributed by atoms with Crippen molar-refractivity contribution in [1.29, 1.82) is 0 Å². The Morgan fingerprint density at radius 3 is 2.88 bits per heavy atom. The van der Waals surface area contributed by atoms with Crippen LogP contribution < -0.4 is 5.32 Å². The molecule has 0 bridgehead atoms. The standard InChI is InChI=1S/C12H20BrNOS/c1-10(2)15-7-4-3-6-14-9-12-11(13)5-8-16-12/h5,8,10,14H,3-4,6-7,9H2,1-2H3. The van der Waals surface area contributed by atoms with Crippen LogP contribution in [0.3, 0.4) is 0 Å². The van der Waals surface area contributed by atoms with E-state index >= 15 is 0 Å². The number of nitrogens with one attached hydrogen (secondary N) is 1. The molecule has 0 fully saturated rings. The lowest BCUT2D eigenvalue weighted by atomic mass is 10.3. The second-order valence-electron chi connectivity index (χ2n) is 4.00. The summed E-state index contributed by atoms with van der Waals surface area (Å²) >= 11 is 5.31. The van der Waals surface area contributed by atoms with Crippen molar-refractivity contribution < 1.29 is 4.74 Å². The van der Waals surface area contributed by atoms with E-state index in [9.17, 15) is 0 Å². The maximum atomic E-state index is 5.48. The van der Waals surface area contributed by atoms with Gasteiger partial charge in [0.15, 0.2) is 0 Å². The fourth-order valence-electron chi connectivity index (χ4n) is 1.32. The molecule has 0 spiro atoms. The van der Waals surface area contributed by atoms with Crippen LogP contribution >= 0.6 is 27.3 Å². The normalized spacial score (nSPS) is 11.2. The third kappa shape index (κ3) is 5.99. The first-order valence-electron chi connectivity index (χ1n) is 5.74. The Bertz CT molecular complexity index is 288. The minimum atomic E-state index is 0.357. The van der Waals surface area contributed by atoms with Crippen LogP contribution in [0.15, 0.2) is 15.9 Å². The number of rotatable bonds is 8. The van der Waals surface area contributed by atoms with E-state index < -0.39 is 0 Å². The smallest absolute Gasteiger partial charge is 0.0518 e. The van der Waals surface area contributed by atoms with Gasteiger partial charge in [0.05, 0.1) is 6.10 Å². The number of halogens is 1. The van der Waals surface area contributed by atoms with Crippen LogP contribution in [0.4, 0.5) is 0 Å². The van der Waals surface area contributed by atoms with Crippen molar-refractivity contribution in [2.45, 2.75) is 39.3 Å². The quantitative estimate of drug-likeness (QED) is 0.738. The summed E-state index contributed by atoms with van der Waals surface area (Å²) in [6, 6.07) is 2.10. The van der Waals surface area contributed by atoms with Crippen molar-refractivity contribution in [3.05, 3.63) is 20.8 Å². The minimum Gasteiger partial charge on any atom is -0.379 e. The average Bonchev–Trinajstić information content (AvgIpc) is 2.62. The first-order chi connectivity index (χ1) is 7.70. The Labute approximate surface area is 111 Å². The van der Waals surface area contributed by atoms with Crippen LogP contribution in [0.25, 0.3) is 0 Å². The maximum absolute atomic E-state index is 5.48. The summed E-state index contributed by atoms with van der Waals surface area (Å²) in [5, 5.41) is 5.55. The Morgan fingerprint density at radius 2 is 2.25 bits per heavy atom. The Morgan fingerprint density at radius 1 is 1.44 bits per heavy atom. The highest BCUT2D eigenvalue weighted by molar-refractivity contribution is 9.10. The molecular weight excluding hydrogens is 286 g/mol. The minimum absolute atomic E-state index is 0.357. The van der Waals surface area contributed by atoms with E-state index in [2.05, 4.69) is 46.5 Å². The zero-order valence-electron chi connectivity index (χ0n) is 9.96. The summed E-state index contributed by atoms with van der Waals surface area (Å²) in [6.07, 6.45) is 2.67. The second-order valence-corrected chi connectivity index (χ2v) is 5.85. The molecule has 4 heteroatoms. The third-order valence-corrected chi connectivity index (χ3v) is 4.10. The summed E-state index contributed by atoms with van der Waals surface area (Å²) in [7, 11) is 0. The first kappa shape index (κ1) is 14.2. The summed E-state index contributed by atoms with van der Waals surface area (Å²) in [5.74, 6) is 0. The van der Waals surface area contributed by atoms with Crippen molar-refractivity contribution in [2.75, 3.05) is 13.2 Å². The topological polar surface area (TPSA) is 21.3 Å². The van der Waals surface area contributed by atoms with Crippen LogP contribution in [-0.2, 0) is 11.3 Å². The van der Waals surface area contributed by atoms with Gasteiger partial charge in [-0.05, 0) is 60.6 Å². The molecule has 1 heterocycles. The molecule has 0 aromatic carbocycles. The lowest BCUT2D eigenvalue weighted by molar-refractivity contribution is 0.0760. The zero-order valence-corrected chi connectivity index (χ0v) is 12.4. The highest BCUT2D eigenvalue weighted by atomic mass is 79.9. The van der Waals surface area contributed by atoms with E-state index in [1.807, 2.05) is 0 Å². The highest BCUT2D eigenvalue weighted by Crippen LogP contribution is 2.21. The summed E-state index contributed by atoms with van der Waals surface area (Å²) < 4.78 is 6.70. The van der Waals surface area contributed by atoms with E-state index in [1.54, 1.807) is 11.3 Å². The van der Waals surface area contributed by atoms with Gasteiger partial charge in [0.2, 0.25) is 0 Å². The Balaban J connectivity index is 1.94. The van der Waals surface area contributed by atoms with E-state index in [1.165, 1.54) is 15.8 Å². The summed E-state index contributed by atoms with van der Waals surface area (Å²) in [6.45, 7) is 7.05. The first-order valence-corrected chi connectivity index (χ1v) is 7.41. The van der Waals surface area contributed by atoms with Crippen LogP contribution in [0.1, 0.15) is 31.6 Å². The van der Waals surface area contributed by atoms with Crippen molar-refractivity contribution in [1.82, 2.24) is 5.32 Å². The molecule has 0 saturated carbocycles. The summed E-state index contributed by atoms with van der Waals surface area (Å²) in [4.78, 5) is 1.37. The Kier molecular flexibility index (Phi) is 7.28. The number of hydrogen-bond acceptors (Lipinski definition) is 3. The van der Waals surface area contributed by atoms with Gasteiger partial charge in [0.1, 0.15) is 0 Å². The van der Waals surface area contributed by atoms with Crippen LogP contribution in [0, 0.1) is 0 Å². The van der Waals surface area contributed by atoms with E-state index in [-0.39, 0.29) is 0 Å². The fraction of sp³-hybridized carbons (Fsp3) is 0.667. The predicted octanol–water partition coefficient (Wildman–Crippen LogP) is 3.81. The van der Waals surface area contributed by atoms with Gasteiger partial charge in [0, 0.05) is 22.5 Å². The average molecular weight is 306 g/mol. The van der Waals surface area contributed by atoms with E-state index in [4.69, 9.17) is 4.74 Å². The summed E-state index contributed by atoms with van der Waals surface area (Å²) in [5.41, 5.74) is 0. The number of thiophene rings is 1. The van der Waals surface area contributed by atoms with Gasteiger partial charge in [-0.25, -0.2) is 0 Å². The van der Waals surface area contributed by atoms with E-state index in [0.29, 0.717) is 6.10 Å². The van der Waals surface area contributed by atoms with Crippen molar-refractivity contribution in [2.24, 2.45) is 0 Å². The number of hydrogen-bond donors (Lipinski definition) is 1. The molecule has 0 aliphatic heterocycles. The molecule has 0 aliphatic rings. The molecule has 1 aromatic rings. The van der Waals surface area contributed by atoms with Crippen LogP contribution in [-0.4, -0.2) is 19.3 Å². The molecule has 2 nitrogen and oxygen atoms in total. The molecule has 0 unspecified atom stereocenters. The van der Waals surface area contributed by atoms with Gasteiger partial charge in [-0.3, -0.25) is 0 Å². The van der Waals surface area contributed by atoms with Crippen LogP contribution in [0.5, 0.6) is 0 Å². The molecule has 1 rings (SSSR count). The SMILES string of the molecule is CC(C)OCCCCNCc1sccc1Br. The second kappa shape index (κ2) is 8.23. The maximum Gasteiger partial charge on any atom is 0.0518 e. The zero-order chi connectivity index (χ0) is 11.8. The Hall–Kier alpha value is 0.100. The molecule has 0 aliphatic carbocycles. The molecule has 0 saturated heterocycles. The molecule has 0 atom stereocenters. The fourth-order valence-corrected chi connectivity index (χ4v) is 2.79. The molecule has 92 valence electrons. The van der Waals surface area contributed by atoms with E-state index in [0.717, 1.165) is 26.1 Å². The largest absolute Gasteiger partial charge is 0.379 e. The highest BCUT2D eigenvalue weighted by Gasteiger charge is 1.99. The molecule has 0 amide bonds. The lowest BCUT2D eigenvalue weighted by Gasteiger charge is -2.07. The number of unbranched alkanes of at least 4 members (excludes halogenated alkanes) is 1. The molecular formula is C12H20BrNOS. The van der Waals surface area contributed by atoms with Crippen molar-refractivity contribution in [3.8, 4) is 0 Å². The van der Waals surface area contributed by atoms with Crippen LogP contribution in [0.2, 0.25) is 0 Å². The van der Waals surface area contributed by atoms with Crippen molar-refractivity contribution >= 4 is 27.3 Å².